The fourth-order valence-corrected chi connectivity index (χ4v) is 2.09. The van der Waals surface area contributed by atoms with Crippen LogP contribution in [0.4, 0.5) is 10.6 Å². The van der Waals surface area contributed by atoms with Gasteiger partial charge in [-0.2, -0.15) is 4.98 Å². The molecule has 122 valence electrons. The molecule has 1 amide bonds. The van der Waals surface area contributed by atoms with Crippen molar-refractivity contribution in [3.63, 3.8) is 0 Å². The number of ether oxygens (including phenoxy) is 3. The van der Waals surface area contributed by atoms with Gasteiger partial charge in [0.15, 0.2) is 0 Å². The summed E-state index contributed by atoms with van der Waals surface area (Å²) in [5.41, 5.74) is 2.42. The summed E-state index contributed by atoms with van der Waals surface area (Å²) in [5, 5.41) is 2.54. The highest BCUT2D eigenvalue weighted by Crippen LogP contribution is 2.24. The van der Waals surface area contributed by atoms with Crippen LogP contribution in [0.15, 0.2) is 24.4 Å². The maximum atomic E-state index is 11.8. The average molecular weight is 317 g/mol. The van der Waals surface area contributed by atoms with Gasteiger partial charge in [0.05, 0.1) is 19.9 Å². The Balaban J connectivity index is 1.99. The Morgan fingerprint density at radius 2 is 2.00 bits per heavy atom. The second-order valence-electron chi connectivity index (χ2n) is 4.81. The lowest BCUT2D eigenvalue weighted by atomic mass is 10.1. The van der Waals surface area contributed by atoms with Gasteiger partial charge in [-0.25, -0.2) is 4.79 Å². The molecule has 0 bridgehead atoms. The van der Waals surface area contributed by atoms with Crippen molar-refractivity contribution in [2.45, 2.75) is 20.5 Å². The molecule has 0 unspecified atom stereocenters. The van der Waals surface area contributed by atoms with Crippen molar-refractivity contribution in [2.24, 2.45) is 0 Å². The molecule has 2 heterocycles. The Morgan fingerprint density at radius 1 is 1.22 bits per heavy atom. The van der Waals surface area contributed by atoms with Crippen molar-refractivity contribution in [1.82, 2.24) is 9.97 Å². The van der Waals surface area contributed by atoms with E-state index in [4.69, 9.17) is 14.2 Å². The molecule has 0 fully saturated rings. The molecule has 0 aliphatic heterocycles. The summed E-state index contributed by atoms with van der Waals surface area (Å²) in [5.74, 6) is 1.50. The van der Waals surface area contributed by atoms with Crippen LogP contribution in [0.2, 0.25) is 0 Å². The number of methoxy groups -OCH3 is 2. The van der Waals surface area contributed by atoms with E-state index in [1.807, 2.05) is 13.8 Å². The number of carbonyl (C=O) groups is 1. The van der Waals surface area contributed by atoms with Gasteiger partial charge < -0.3 is 14.2 Å². The summed E-state index contributed by atoms with van der Waals surface area (Å²) in [7, 11) is 3.10. The Hall–Kier alpha value is -2.83. The fourth-order valence-electron chi connectivity index (χ4n) is 2.09. The molecule has 2 rings (SSSR count). The van der Waals surface area contributed by atoms with Crippen LogP contribution in [-0.4, -0.2) is 30.3 Å². The van der Waals surface area contributed by atoms with Crippen molar-refractivity contribution in [1.29, 1.82) is 0 Å². The fraction of sp³-hybridized carbons (Fsp3) is 0.312. The maximum absolute atomic E-state index is 11.8. The van der Waals surface area contributed by atoms with Gasteiger partial charge in [0.1, 0.15) is 18.2 Å². The lowest BCUT2D eigenvalue weighted by Gasteiger charge is -2.12. The largest absolute Gasteiger partial charge is 0.496 e. The van der Waals surface area contributed by atoms with Gasteiger partial charge in [-0.1, -0.05) is 6.07 Å². The molecule has 0 aliphatic carbocycles. The summed E-state index contributed by atoms with van der Waals surface area (Å²) < 4.78 is 15.5. The minimum atomic E-state index is -0.619. The van der Waals surface area contributed by atoms with E-state index >= 15 is 0 Å². The quantitative estimate of drug-likeness (QED) is 0.913. The van der Waals surface area contributed by atoms with Crippen molar-refractivity contribution in [2.75, 3.05) is 19.5 Å². The molecule has 0 saturated carbocycles. The number of rotatable bonds is 5. The lowest BCUT2D eigenvalue weighted by molar-refractivity contribution is 0.153. The van der Waals surface area contributed by atoms with Crippen LogP contribution in [0, 0.1) is 13.8 Å². The highest BCUT2D eigenvalue weighted by atomic mass is 16.5. The third-order valence-corrected chi connectivity index (χ3v) is 3.25. The monoisotopic (exact) mass is 317 g/mol. The smallest absolute Gasteiger partial charge is 0.413 e. The average Bonchev–Trinajstić information content (AvgIpc) is 2.55. The van der Waals surface area contributed by atoms with Gasteiger partial charge >= 0.3 is 6.09 Å². The zero-order valence-corrected chi connectivity index (χ0v) is 13.5. The van der Waals surface area contributed by atoms with E-state index in [9.17, 15) is 4.79 Å². The summed E-state index contributed by atoms with van der Waals surface area (Å²) in [6.07, 6.45) is 1.07. The van der Waals surface area contributed by atoms with Crippen LogP contribution in [-0.2, 0) is 11.3 Å². The molecule has 2 aromatic rings. The van der Waals surface area contributed by atoms with Crippen LogP contribution in [0.5, 0.6) is 11.6 Å². The molecule has 2 aromatic heterocycles. The number of nitrogens with zero attached hydrogens (tertiary/aromatic N) is 2. The first-order valence-electron chi connectivity index (χ1n) is 6.99. The highest BCUT2D eigenvalue weighted by Gasteiger charge is 2.12. The number of hydrogen-bond acceptors (Lipinski definition) is 6. The normalized spacial score (nSPS) is 10.1. The van der Waals surface area contributed by atoms with Gasteiger partial charge in [0, 0.05) is 23.4 Å². The zero-order chi connectivity index (χ0) is 16.8. The van der Waals surface area contributed by atoms with Crippen molar-refractivity contribution in [3.8, 4) is 11.6 Å². The highest BCUT2D eigenvalue weighted by molar-refractivity contribution is 5.83. The first-order valence-corrected chi connectivity index (χ1v) is 6.99. The summed E-state index contributed by atoms with van der Waals surface area (Å²) in [4.78, 5) is 20.2. The van der Waals surface area contributed by atoms with Crippen LogP contribution in [0.3, 0.4) is 0 Å². The number of nitrogens with one attached hydrogen (secondary N) is 1. The minimum Gasteiger partial charge on any atom is -0.496 e. The van der Waals surface area contributed by atoms with Crippen LogP contribution < -0.4 is 14.8 Å². The predicted molar refractivity (Wildman–Crippen MR) is 84.9 cm³/mol. The van der Waals surface area contributed by atoms with E-state index in [2.05, 4.69) is 15.3 Å². The molecule has 23 heavy (non-hydrogen) atoms. The lowest BCUT2D eigenvalue weighted by Crippen LogP contribution is -2.15. The topological polar surface area (TPSA) is 82.6 Å². The standard InChI is InChI=1S/C16H19N3O4/c1-10-8-17-12(11(2)15(10)22-4)9-23-16(20)19-13-6-5-7-14(18-13)21-3/h5-8H,9H2,1-4H3,(H,18,19,20). The van der Waals surface area contributed by atoms with Crippen molar-refractivity contribution in [3.05, 3.63) is 41.2 Å². The number of amides is 1. The molecular formula is C16H19N3O4. The molecule has 0 saturated heterocycles. The number of pyridine rings is 2. The molecule has 7 heteroatoms. The van der Waals surface area contributed by atoms with E-state index in [0.29, 0.717) is 17.4 Å². The Kier molecular flexibility index (Phi) is 5.35. The minimum absolute atomic E-state index is 0.0400. The molecule has 0 aliphatic rings. The summed E-state index contributed by atoms with van der Waals surface area (Å²) in [6.45, 7) is 3.82. The van der Waals surface area contributed by atoms with E-state index in [0.717, 1.165) is 16.9 Å². The second-order valence-corrected chi connectivity index (χ2v) is 4.81. The summed E-state index contributed by atoms with van der Waals surface area (Å²) >= 11 is 0. The molecule has 0 aromatic carbocycles. The SMILES string of the molecule is COc1cccc(NC(=O)OCc2ncc(C)c(OC)c2C)n1. The molecule has 7 nitrogen and oxygen atoms in total. The third-order valence-electron chi connectivity index (χ3n) is 3.25. The summed E-state index contributed by atoms with van der Waals surface area (Å²) in [6, 6.07) is 5.04. The zero-order valence-electron chi connectivity index (χ0n) is 13.5. The molecule has 0 spiro atoms. The molecule has 1 N–H and O–H groups in total. The van der Waals surface area contributed by atoms with Crippen molar-refractivity contribution >= 4 is 11.9 Å². The predicted octanol–water partition coefficient (Wildman–Crippen LogP) is 2.86. The Bertz CT molecular complexity index is 704. The maximum Gasteiger partial charge on any atom is 0.413 e. The Labute approximate surface area is 134 Å². The number of carbonyl (C=O) groups excluding carboxylic acids is 1. The Morgan fingerprint density at radius 3 is 2.70 bits per heavy atom. The van der Waals surface area contributed by atoms with E-state index in [-0.39, 0.29) is 6.61 Å². The number of aryl methyl sites for hydroxylation is 1. The van der Waals surface area contributed by atoms with Gasteiger partial charge in [-0.3, -0.25) is 10.3 Å². The number of anilines is 1. The van der Waals surface area contributed by atoms with Crippen molar-refractivity contribution < 1.29 is 19.0 Å². The van der Waals surface area contributed by atoms with E-state index in [1.54, 1.807) is 31.5 Å². The third kappa shape index (κ3) is 4.09. The number of aromatic nitrogens is 2. The van der Waals surface area contributed by atoms with Crippen LogP contribution in [0.25, 0.3) is 0 Å². The van der Waals surface area contributed by atoms with E-state index in [1.165, 1.54) is 7.11 Å². The molecule has 0 radical (unpaired) electrons. The molecule has 0 atom stereocenters. The van der Waals surface area contributed by atoms with Gasteiger partial charge in [-0.05, 0) is 19.9 Å². The first-order chi connectivity index (χ1) is 11.0. The molecular weight excluding hydrogens is 298 g/mol. The second kappa shape index (κ2) is 7.44. The first kappa shape index (κ1) is 16.5. The van der Waals surface area contributed by atoms with Crippen LogP contribution >= 0.6 is 0 Å². The van der Waals surface area contributed by atoms with E-state index < -0.39 is 6.09 Å². The van der Waals surface area contributed by atoms with Gasteiger partial charge in [-0.15, -0.1) is 0 Å². The number of hydrogen-bond donors (Lipinski definition) is 1. The van der Waals surface area contributed by atoms with Gasteiger partial charge in [0.2, 0.25) is 5.88 Å². The van der Waals surface area contributed by atoms with Gasteiger partial charge in [0.25, 0.3) is 0 Å². The van der Waals surface area contributed by atoms with Crippen LogP contribution in [0.1, 0.15) is 16.8 Å².